The predicted molar refractivity (Wildman–Crippen MR) is 74.6 cm³/mol. The minimum Gasteiger partial charge on any atom is -0.389 e. The van der Waals surface area contributed by atoms with Gasteiger partial charge in [-0.25, -0.2) is 4.98 Å². The van der Waals surface area contributed by atoms with E-state index in [1.165, 1.54) is 21.8 Å². The maximum Gasteiger partial charge on any atom is 0.129 e. The Hall–Kier alpha value is -1.46. The van der Waals surface area contributed by atoms with E-state index in [2.05, 4.69) is 34.5 Å². The number of fused-ring (bicyclic) bond motifs is 1. The summed E-state index contributed by atoms with van der Waals surface area (Å²) < 4.78 is 5.45. The number of anilines is 1. The van der Waals surface area contributed by atoms with Gasteiger partial charge in [0.05, 0.1) is 21.5 Å². The van der Waals surface area contributed by atoms with Crippen molar-refractivity contribution in [2.45, 2.75) is 13.8 Å². The summed E-state index contributed by atoms with van der Waals surface area (Å²) in [5.41, 5.74) is 10.2. The third kappa shape index (κ3) is 1.71. The second-order valence-electron chi connectivity index (χ2n) is 4.00. The quantitative estimate of drug-likeness (QED) is 0.728. The summed E-state index contributed by atoms with van der Waals surface area (Å²) in [7, 11) is 0. The van der Waals surface area contributed by atoms with Gasteiger partial charge in [0.2, 0.25) is 0 Å². The van der Waals surface area contributed by atoms with Gasteiger partial charge < -0.3 is 5.73 Å². The fraction of sp³-hybridized carbons (Fsp3) is 0.167. The Bertz CT molecular complexity index is 677. The second-order valence-corrected chi connectivity index (χ2v) is 5.83. The molecule has 2 aromatic heterocycles. The molecule has 0 saturated heterocycles. The number of benzene rings is 1. The Kier molecular flexibility index (Phi) is 2.38. The highest BCUT2D eigenvalue weighted by Gasteiger charge is 2.14. The molecule has 0 aliphatic rings. The standard InChI is InChI=1S/C12H11N3S2/c1-6-3-4-9-8(5-6)14-12(16-9)10-7(2)15-17-11(10)13/h3-5H,13H2,1-2H3. The lowest BCUT2D eigenvalue weighted by Gasteiger charge is -1.93. The summed E-state index contributed by atoms with van der Waals surface area (Å²) in [6.45, 7) is 4.05. The summed E-state index contributed by atoms with van der Waals surface area (Å²) >= 11 is 3.00. The van der Waals surface area contributed by atoms with Crippen LogP contribution in [0.4, 0.5) is 5.00 Å². The van der Waals surface area contributed by atoms with Crippen molar-refractivity contribution in [3.63, 3.8) is 0 Å². The zero-order chi connectivity index (χ0) is 12.0. The Labute approximate surface area is 107 Å². The van der Waals surface area contributed by atoms with Crippen LogP contribution >= 0.6 is 22.9 Å². The highest BCUT2D eigenvalue weighted by molar-refractivity contribution is 7.22. The third-order valence-electron chi connectivity index (χ3n) is 2.65. The van der Waals surface area contributed by atoms with E-state index in [4.69, 9.17) is 5.73 Å². The molecule has 2 N–H and O–H groups in total. The SMILES string of the molecule is Cc1ccc2sc(-c3c(C)nsc3N)nc2c1. The number of nitrogens with zero attached hydrogens (tertiary/aromatic N) is 2. The van der Waals surface area contributed by atoms with E-state index in [1.54, 1.807) is 11.3 Å². The predicted octanol–water partition coefficient (Wildman–Crippen LogP) is 3.62. The first kappa shape index (κ1) is 10.7. The molecule has 0 radical (unpaired) electrons. The van der Waals surface area contributed by atoms with Gasteiger partial charge in [-0.15, -0.1) is 11.3 Å². The fourth-order valence-corrected chi connectivity index (χ4v) is 3.58. The Morgan fingerprint density at radius 2 is 2.06 bits per heavy atom. The monoisotopic (exact) mass is 261 g/mol. The molecule has 0 aliphatic heterocycles. The van der Waals surface area contributed by atoms with Crippen molar-refractivity contribution in [2.75, 3.05) is 5.73 Å². The molecule has 3 aromatic rings. The number of rotatable bonds is 1. The fourth-order valence-electron chi connectivity index (χ4n) is 1.79. The first-order chi connectivity index (χ1) is 8.15. The van der Waals surface area contributed by atoms with E-state index in [1.807, 2.05) is 6.92 Å². The van der Waals surface area contributed by atoms with Crippen LogP contribution in [0.5, 0.6) is 0 Å². The van der Waals surface area contributed by atoms with Crippen LogP contribution in [0, 0.1) is 13.8 Å². The average Bonchev–Trinajstić information content (AvgIpc) is 2.81. The first-order valence-corrected chi connectivity index (χ1v) is 6.83. The zero-order valence-electron chi connectivity index (χ0n) is 9.52. The molecule has 0 spiro atoms. The van der Waals surface area contributed by atoms with Gasteiger partial charge in [0, 0.05) is 0 Å². The average molecular weight is 261 g/mol. The molecular formula is C12H11N3S2. The first-order valence-electron chi connectivity index (χ1n) is 5.24. The van der Waals surface area contributed by atoms with Crippen LogP contribution < -0.4 is 5.73 Å². The number of aryl methyl sites for hydroxylation is 2. The minimum atomic E-state index is 0.748. The lowest BCUT2D eigenvalue weighted by Crippen LogP contribution is -1.85. The molecule has 0 atom stereocenters. The molecule has 0 unspecified atom stereocenters. The van der Waals surface area contributed by atoms with Gasteiger partial charge in [0.1, 0.15) is 10.0 Å². The zero-order valence-corrected chi connectivity index (χ0v) is 11.2. The van der Waals surface area contributed by atoms with Gasteiger partial charge in [-0.2, -0.15) is 4.37 Å². The molecule has 0 aliphatic carbocycles. The normalized spacial score (nSPS) is 11.2. The van der Waals surface area contributed by atoms with Crippen LogP contribution in [0.2, 0.25) is 0 Å². The van der Waals surface area contributed by atoms with Crippen LogP contribution in [0.15, 0.2) is 18.2 Å². The maximum atomic E-state index is 5.95. The number of thiazole rings is 1. The van der Waals surface area contributed by atoms with Gasteiger partial charge in [0.15, 0.2) is 0 Å². The molecule has 5 heteroatoms. The molecule has 3 nitrogen and oxygen atoms in total. The molecular weight excluding hydrogens is 250 g/mol. The van der Waals surface area contributed by atoms with E-state index in [9.17, 15) is 0 Å². The van der Waals surface area contributed by atoms with E-state index in [-0.39, 0.29) is 0 Å². The van der Waals surface area contributed by atoms with Crippen molar-refractivity contribution in [1.29, 1.82) is 0 Å². The van der Waals surface area contributed by atoms with E-state index in [0.717, 1.165) is 26.8 Å². The molecule has 3 rings (SSSR count). The Morgan fingerprint density at radius 1 is 1.24 bits per heavy atom. The van der Waals surface area contributed by atoms with Gasteiger partial charge >= 0.3 is 0 Å². The molecule has 86 valence electrons. The van der Waals surface area contributed by atoms with E-state index < -0.39 is 0 Å². The van der Waals surface area contributed by atoms with Crippen LogP contribution in [-0.2, 0) is 0 Å². The van der Waals surface area contributed by atoms with Crippen molar-refractivity contribution < 1.29 is 0 Å². The number of aromatic nitrogens is 2. The number of hydrogen-bond donors (Lipinski definition) is 1. The molecule has 17 heavy (non-hydrogen) atoms. The summed E-state index contributed by atoms with van der Waals surface area (Å²) in [5, 5.41) is 1.72. The lowest BCUT2D eigenvalue weighted by molar-refractivity contribution is 1.33. The number of hydrogen-bond acceptors (Lipinski definition) is 5. The van der Waals surface area contributed by atoms with Crippen LogP contribution in [-0.4, -0.2) is 9.36 Å². The Balaban J connectivity index is 2.25. The molecule has 1 aromatic carbocycles. The largest absolute Gasteiger partial charge is 0.389 e. The second kappa shape index (κ2) is 3.78. The Morgan fingerprint density at radius 3 is 2.76 bits per heavy atom. The number of nitrogen functional groups attached to an aromatic ring is 1. The minimum absolute atomic E-state index is 0.748. The van der Waals surface area contributed by atoms with Crippen LogP contribution in [0.25, 0.3) is 20.8 Å². The van der Waals surface area contributed by atoms with E-state index in [0.29, 0.717) is 0 Å². The van der Waals surface area contributed by atoms with E-state index >= 15 is 0 Å². The van der Waals surface area contributed by atoms with Crippen molar-refractivity contribution in [1.82, 2.24) is 9.36 Å². The molecule has 0 saturated carbocycles. The lowest BCUT2D eigenvalue weighted by atomic mass is 10.2. The van der Waals surface area contributed by atoms with Crippen molar-refractivity contribution in [2.24, 2.45) is 0 Å². The molecule has 0 fully saturated rings. The van der Waals surface area contributed by atoms with Crippen molar-refractivity contribution in [3.8, 4) is 10.6 Å². The maximum absolute atomic E-state index is 5.95. The smallest absolute Gasteiger partial charge is 0.129 e. The van der Waals surface area contributed by atoms with Gasteiger partial charge in [-0.1, -0.05) is 6.07 Å². The van der Waals surface area contributed by atoms with Crippen molar-refractivity contribution in [3.05, 3.63) is 29.5 Å². The summed E-state index contributed by atoms with van der Waals surface area (Å²) in [6, 6.07) is 6.31. The highest BCUT2D eigenvalue weighted by Crippen LogP contribution is 2.37. The van der Waals surface area contributed by atoms with Crippen LogP contribution in [0.3, 0.4) is 0 Å². The van der Waals surface area contributed by atoms with Crippen LogP contribution in [0.1, 0.15) is 11.3 Å². The summed E-state index contributed by atoms with van der Waals surface area (Å²) in [5.74, 6) is 0. The summed E-state index contributed by atoms with van der Waals surface area (Å²) in [6.07, 6.45) is 0. The molecule has 2 heterocycles. The number of nitrogens with two attached hydrogens (primary N) is 1. The third-order valence-corrected chi connectivity index (χ3v) is 4.47. The molecule has 0 bridgehead atoms. The van der Waals surface area contributed by atoms with Gasteiger partial charge in [0.25, 0.3) is 0 Å². The summed E-state index contributed by atoms with van der Waals surface area (Å²) in [4.78, 5) is 4.64. The van der Waals surface area contributed by atoms with Gasteiger partial charge in [-0.3, -0.25) is 0 Å². The highest BCUT2D eigenvalue weighted by atomic mass is 32.1. The topological polar surface area (TPSA) is 51.8 Å². The van der Waals surface area contributed by atoms with Gasteiger partial charge in [-0.05, 0) is 43.1 Å². The molecule has 0 amide bonds. The van der Waals surface area contributed by atoms with Crippen molar-refractivity contribution >= 4 is 38.1 Å².